The zero-order valence-corrected chi connectivity index (χ0v) is 19.3. The second-order valence-electron chi connectivity index (χ2n) is 7.15. The van der Waals surface area contributed by atoms with Crippen molar-refractivity contribution in [1.29, 1.82) is 0 Å². The molecule has 2 aromatic heterocycles. The number of carbonyl (C=O) groups excluding carboxylic acids is 1. The van der Waals surface area contributed by atoms with Gasteiger partial charge in [-0.3, -0.25) is 14.2 Å². The number of halogens is 1. The first-order valence-corrected chi connectivity index (χ1v) is 11.1. The Morgan fingerprint density at radius 2 is 1.91 bits per heavy atom. The lowest BCUT2D eigenvalue weighted by molar-refractivity contribution is 0.0948. The fraction of sp³-hybridized carbons (Fsp3) is 0.167. The first-order chi connectivity index (χ1) is 15.9. The third kappa shape index (κ3) is 5.20. The van der Waals surface area contributed by atoms with Crippen LogP contribution in [0.3, 0.4) is 0 Å². The molecular weight excluding hydrogens is 490 g/mol. The Morgan fingerprint density at radius 1 is 1.12 bits per heavy atom. The highest BCUT2D eigenvalue weighted by Gasteiger charge is 2.14. The Balaban J connectivity index is 1.42. The van der Waals surface area contributed by atoms with Crippen LogP contribution in [0.15, 0.2) is 79.4 Å². The number of amides is 1. The van der Waals surface area contributed by atoms with Crippen LogP contribution in [0.1, 0.15) is 17.3 Å². The Bertz CT molecular complexity index is 1430. The lowest BCUT2D eigenvalue weighted by Gasteiger charge is -2.09. The van der Waals surface area contributed by atoms with E-state index in [9.17, 15) is 14.4 Å². The van der Waals surface area contributed by atoms with Crippen LogP contribution in [0.2, 0.25) is 0 Å². The summed E-state index contributed by atoms with van der Waals surface area (Å²) in [5, 5.41) is 3.27. The molecule has 4 aromatic rings. The summed E-state index contributed by atoms with van der Waals surface area (Å²) in [6.07, 6.45) is 1.43. The number of hydrogen-bond acceptors (Lipinski definition) is 6. The molecule has 4 rings (SSSR count). The van der Waals surface area contributed by atoms with E-state index >= 15 is 0 Å². The normalized spacial score (nSPS) is 10.8. The van der Waals surface area contributed by atoms with Gasteiger partial charge in [-0.25, -0.2) is 9.78 Å². The number of hydrogen-bond donors (Lipinski definition) is 1. The smallest absolute Gasteiger partial charge is 0.349 e. The average Bonchev–Trinajstić information content (AvgIpc) is 2.80. The summed E-state index contributed by atoms with van der Waals surface area (Å²) in [4.78, 5) is 41.5. The predicted octanol–water partition coefficient (Wildman–Crippen LogP) is 3.61. The molecule has 0 atom stereocenters. The molecule has 0 radical (unpaired) electrons. The SMILES string of the molecule is CCOc1ccc(-c2cc(=O)n(CCNC(=O)c3cc4cc(Br)ccc4oc3=O)cn2)cc1. The van der Waals surface area contributed by atoms with Crippen LogP contribution in [0.25, 0.3) is 22.2 Å². The molecule has 0 aliphatic heterocycles. The van der Waals surface area contributed by atoms with Gasteiger partial charge in [-0.15, -0.1) is 0 Å². The predicted molar refractivity (Wildman–Crippen MR) is 128 cm³/mol. The molecule has 0 spiro atoms. The van der Waals surface area contributed by atoms with Gasteiger partial charge in [0, 0.05) is 34.6 Å². The molecule has 168 valence electrons. The summed E-state index contributed by atoms with van der Waals surface area (Å²) in [5.41, 5.74) is 0.662. The van der Waals surface area contributed by atoms with Crippen molar-refractivity contribution in [3.05, 3.63) is 91.7 Å². The second kappa shape index (κ2) is 9.83. The number of rotatable bonds is 7. The van der Waals surface area contributed by atoms with E-state index in [1.165, 1.54) is 23.0 Å². The lowest BCUT2D eigenvalue weighted by atomic mass is 10.1. The minimum atomic E-state index is -0.721. The maximum absolute atomic E-state index is 12.5. The average molecular weight is 510 g/mol. The number of nitrogens with one attached hydrogen (secondary N) is 1. The van der Waals surface area contributed by atoms with Crippen molar-refractivity contribution < 1.29 is 13.9 Å². The largest absolute Gasteiger partial charge is 0.494 e. The van der Waals surface area contributed by atoms with Crippen LogP contribution < -0.4 is 21.2 Å². The minimum absolute atomic E-state index is 0.100. The van der Waals surface area contributed by atoms with Gasteiger partial charge in [0.25, 0.3) is 11.5 Å². The van der Waals surface area contributed by atoms with E-state index in [0.717, 1.165) is 15.8 Å². The van der Waals surface area contributed by atoms with E-state index in [1.54, 1.807) is 18.2 Å². The summed E-state index contributed by atoms with van der Waals surface area (Å²) in [6, 6.07) is 15.4. The van der Waals surface area contributed by atoms with Crippen molar-refractivity contribution in [2.24, 2.45) is 0 Å². The van der Waals surface area contributed by atoms with Gasteiger partial charge >= 0.3 is 5.63 Å². The van der Waals surface area contributed by atoms with Gasteiger partial charge in [-0.2, -0.15) is 0 Å². The molecular formula is C24H20BrN3O5. The van der Waals surface area contributed by atoms with E-state index in [0.29, 0.717) is 23.3 Å². The van der Waals surface area contributed by atoms with Gasteiger partial charge in [0.1, 0.15) is 16.9 Å². The van der Waals surface area contributed by atoms with Crippen LogP contribution in [0.5, 0.6) is 5.75 Å². The second-order valence-corrected chi connectivity index (χ2v) is 8.06. The zero-order chi connectivity index (χ0) is 23.4. The van der Waals surface area contributed by atoms with Crippen molar-refractivity contribution in [3.8, 4) is 17.0 Å². The zero-order valence-electron chi connectivity index (χ0n) is 17.7. The molecule has 1 amide bonds. The fourth-order valence-electron chi connectivity index (χ4n) is 3.28. The quantitative estimate of drug-likeness (QED) is 0.381. The lowest BCUT2D eigenvalue weighted by Crippen LogP contribution is -2.33. The van der Waals surface area contributed by atoms with Gasteiger partial charge in [0.2, 0.25) is 0 Å². The molecule has 0 unspecified atom stereocenters. The van der Waals surface area contributed by atoms with Gasteiger partial charge < -0.3 is 14.5 Å². The molecule has 0 bridgehead atoms. The summed E-state index contributed by atoms with van der Waals surface area (Å²) in [6.45, 7) is 2.82. The monoisotopic (exact) mass is 509 g/mol. The summed E-state index contributed by atoms with van der Waals surface area (Å²) < 4.78 is 12.8. The molecule has 1 N–H and O–H groups in total. The van der Waals surface area contributed by atoms with Crippen molar-refractivity contribution >= 4 is 32.8 Å². The van der Waals surface area contributed by atoms with Gasteiger partial charge in [-0.05, 0) is 55.5 Å². The van der Waals surface area contributed by atoms with E-state index in [4.69, 9.17) is 9.15 Å². The van der Waals surface area contributed by atoms with Crippen LogP contribution >= 0.6 is 15.9 Å². The summed E-state index contributed by atoms with van der Waals surface area (Å²) in [5.74, 6) is 0.177. The highest BCUT2D eigenvalue weighted by Crippen LogP contribution is 2.20. The van der Waals surface area contributed by atoms with Crippen LogP contribution in [0, 0.1) is 0 Å². The molecule has 2 aromatic carbocycles. The molecule has 9 heteroatoms. The first-order valence-electron chi connectivity index (χ1n) is 10.3. The minimum Gasteiger partial charge on any atom is -0.494 e. The number of fused-ring (bicyclic) bond motifs is 1. The molecule has 0 aliphatic carbocycles. The van der Waals surface area contributed by atoms with Crippen LogP contribution in [0.4, 0.5) is 0 Å². The molecule has 33 heavy (non-hydrogen) atoms. The van der Waals surface area contributed by atoms with Crippen molar-refractivity contribution in [1.82, 2.24) is 14.9 Å². The van der Waals surface area contributed by atoms with Crippen molar-refractivity contribution in [2.45, 2.75) is 13.5 Å². The third-order valence-electron chi connectivity index (χ3n) is 4.92. The van der Waals surface area contributed by atoms with Crippen LogP contribution in [-0.4, -0.2) is 28.6 Å². The van der Waals surface area contributed by atoms with E-state index in [1.807, 2.05) is 31.2 Å². The molecule has 0 fully saturated rings. The highest BCUT2D eigenvalue weighted by atomic mass is 79.9. The summed E-state index contributed by atoms with van der Waals surface area (Å²) in [7, 11) is 0. The highest BCUT2D eigenvalue weighted by molar-refractivity contribution is 9.10. The Hall–Kier alpha value is -3.72. The first kappa shape index (κ1) is 22.5. The topological polar surface area (TPSA) is 103 Å². The van der Waals surface area contributed by atoms with E-state index in [-0.39, 0.29) is 24.2 Å². The summed E-state index contributed by atoms with van der Waals surface area (Å²) >= 11 is 3.35. The van der Waals surface area contributed by atoms with Gasteiger partial charge in [0.05, 0.1) is 18.6 Å². The number of nitrogens with zero attached hydrogens (tertiary/aromatic N) is 2. The molecule has 0 aliphatic rings. The van der Waals surface area contributed by atoms with Crippen LogP contribution in [-0.2, 0) is 6.54 Å². The van der Waals surface area contributed by atoms with E-state index < -0.39 is 11.5 Å². The number of aromatic nitrogens is 2. The maximum Gasteiger partial charge on any atom is 0.349 e. The van der Waals surface area contributed by atoms with Crippen molar-refractivity contribution in [3.63, 3.8) is 0 Å². The molecule has 2 heterocycles. The van der Waals surface area contributed by atoms with E-state index in [2.05, 4.69) is 26.2 Å². The fourth-order valence-corrected chi connectivity index (χ4v) is 3.66. The Morgan fingerprint density at radius 3 is 2.64 bits per heavy atom. The standard InChI is InChI=1S/C24H20BrN3O5/c1-2-32-18-6-3-15(4-7-18)20-13-22(29)28(14-27-20)10-9-26-23(30)19-12-16-11-17(25)5-8-21(16)33-24(19)31/h3-8,11-14H,2,9-10H2,1H3,(H,26,30). The Labute approximate surface area is 197 Å². The number of ether oxygens (including phenoxy) is 1. The van der Waals surface area contributed by atoms with Crippen molar-refractivity contribution in [2.75, 3.05) is 13.2 Å². The Kier molecular flexibility index (Phi) is 6.69. The number of carbonyl (C=O) groups is 1. The third-order valence-corrected chi connectivity index (χ3v) is 5.41. The molecule has 0 saturated heterocycles. The maximum atomic E-state index is 12.5. The molecule has 8 nitrogen and oxygen atoms in total. The molecule has 0 saturated carbocycles. The van der Waals surface area contributed by atoms with Gasteiger partial charge in [0.15, 0.2) is 0 Å². The van der Waals surface area contributed by atoms with Gasteiger partial charge in [-0.1, -0.05) is 15.9 Å². The number of benzene rings is 2.